The molecular weight excluding hydrogens is 277 g/mol. The largest absolute Gasteiger partial charge is 0.380 e. The van der Waals surface area contributed by atoms with Crippen LogP contribution in [0.15, 0.2) is 30.3 Å². The molecule has 19 heavy (non-hydrogen) atoms. The molecule has 0 spiro atoms. The smallest absolute Gasteiger partial charge is 0.0470 e. The van der Waals surface area contributed by atoms with Crippen molar-refractivity contribution in [3.05, 3.63) is 62.6 Å². The highest BCUT2D eigenvalue weighted by molar-refractivity contribution is 6.36. The molecule has 3 heteroatoms. The fourth-order valence-corrected chi connectivity index (χ4v) is 2.87. The molecule has 100 valence electrons. The number of benzene rings is 2. The van der Waals surface area contributed by atoms with E-state index in [1.807, 2.05) is 18.2 Å². The van der Waals surface area contributed by atoms with E-state index in [9.17, 15) is 0 Å². The van der Waals surface area contributed by atoms with Crippen LogP contribution in [0.1, 0.15) is 22.3 Å². The Morgan fingerprint density at radius 2 is 1.47 bits per heavy atom. The molecule has 0 atom stereocenters. The number of nitrogens with one attached hydrogen (secondary N) is 1. The quantitative estimate of drug-likeness (QED) is 0.784. The van der Waals surface area contributed by atoms with Gasteiger partial charge in [0.2, 0.25) is 0 Å². The molecule has 0 bridgehead atoms. The molecule has 0 saturated heterocycles. The van der Waals surface area contributed by atoms with Gasteiger partial charge < -0.3 is 5.32 Å². The molecule has 0 radical (unpaired) electrons. The van der Waals surface area contributed by atoms with E-state index in [4.69, 9.17) is 23.2 Å². The molecule has 1 nitrogen and oxygen atoms in total. The number of aryl methyl sites for hydroxylation is 3. The van der Waals surface area contributed by atoms with Crippen molar-refractivity contribution in [2.24, 2.45) is 0 Å². The first-order valence-corrected chi connectivity index (χ1v) is 6.99. The first-order chi connectivity index (χ1) is 8.99. The number of halogens is 2. The third kappa shape index (κ3) is 3.23. The summed E-state index contributed by atoms with van der Waals surface area (Å²) in [4.78, 5) is 0. The van der Waals surface area contributed by atoms with Gasteiger partial charge in [0.05, 0.1) is 0 Å². The van der Waals surface area contributed by atoms with Crippen LogP contribution in [0.5, 0.6) is 0 Å². The van der Waals surface area contributed by atoms with Crippen molar-refractivity contribution in [1.29, 1.82) is 0 Å². The van der Waals surface area contributed by atoms with Crippen LogP contribution in [0.3, 0.4) is 0 Å². The van der Waals surface area contributed by atoms with Crippen LogP contribution in [-0.4, -0.2) is 0 Å². The second-order valence-electron chi connectivity index (χ2n) is 4.83. The Labute approximate surface area is 124 Å². The summed E-state index contributed by atoms with van der Waals surface area (Å²) in [5.74, 6) is 0. The standard InChI is InChI=1S/C16H17Cl2N/c1-10-7-11(2)16(12(3)8-10)19-9-13-14(17)5-4-6-15(13)18/h4-8,19H,9H2,1-3H3. The van der Waals surface area contributed by atoms with Crippen LogP contribution >= 0.6 is 23.2 Å². The van der Waals surface area contributed by atoms with Gasteiger partial charge in [-0.3, -0.25) is 0 Å². The minimum Gasteiger partial charge on any atom is -0.380 e. The van der Waals surface area contributed by atoms with Crippen molar-refractivity contribution in [2.45, 2.75) is 27.3 Å². The van der Waals surface area contributed by atoms with Gasteiger partial charge in [0.15, 0.2) is 0 Å². The van der Waals surface area contributed by atoms with Crippen molar-refractivity contribution in [1.82, 2.24) is 0 Å². The molecule has 0 unspecified atom stereocenters. The molecule has 0 aliphatic carbocycles. The molecule has 0 saturated carbocycles. The molecule has 2 rings (SSSR count). The van der Waals surface area contributed by atoms with Crippen LogP contribution in [0.2, 0.25) is 10.0 Å². The Kier molecular flexibility index (Phi) is 4.38. The predicted molar refractivity (Wildman–Crippen MR) is 84.4 cm³/mol. The number of hydrogen-bond donors (Lipinski definition) is 1. The van der Waals surface area contributed by atoms with E-state index in [1.54, 1.807) is 0 Å². The zero-order valence-corrected chi connectivity index (χ0v) is 12.9. The van der Waals surface area contributed by atoms with Gasteiger partial charge in [-0.05, 0) is 44.0 Å². The highest BCUT2D eigenvalue weighted by Gasteiger charge is 2.07. The third-order valence-corrected chi connectivity index (χ3v) is 3.89. The Morgan fingerprint density at radius 3 is 2.00 bits per heavy atom. The van der Waals surface area contributed by atoms with E-state index >= 15 is 0 Å². The zero-order chi connectivity index (χ0) is 14.0. The molecule has 0 aliphatic heterocycles. The maximum atomic E-state index is 6.18. The van der Waals surface area contributed by atoms with Gasteiger partial charge in [-0.15, -0.1) is 0 Å². The average molecular weight is 294 g/mol. The van der Waals surface area contributed by atoms with Crippen molar-refractivity contribution >= 4 is 28.9 Å². The lowest BCUT2D eigenvalue weighted by Gasteiger charge is -2.15. The summed E-state index contributed by atoms with van der Waals surface area (Å²) in [7, 11) is 0. The van der Waals surface area contributed by atoms with E-state index in [2.05, 4.69) is 38.2 Å². The number of rotatable bonds is 3. The van der Waals surface area contributed by atoms with E-state index in [1.165, 1.54) is 16.7 Å². The maximum Gasteiger partial charge on any atom is 0.0470 e. The predicted octanol–water partition coefficient (Wildman–Crippen LogP) is 5.53. The molecular formula is C16H17Cl2N. The Bertz CT molecular complexity index is 562. The fourth-order valence-electron chi connectivity index (χ4n) is 2.34. The summed E-state index contributed by atoms with van der Waals surface area (Å²) >= 11 is 12.4. The second kappa shape index (κ2) is 5.85. The van der Waals surface area contributed by atoms with Crippen molar-refractivity contribution in [3.8, 4) is 0 Å². The lowest BCUT2D eigenvalue weighted by atomic mass is 10.0. The lowest BCUT2D eigenvalue weighted by Crippen LogP contribution is -2.04. The monoisotopic (exact) mass is 293 g/mol. The third-order valence-electron chi connectivity index (χ3n) is 3.18. The van der Waals surface area contributed by atoms with Crippen LogP contribution in [-0.2, 0) is 6.54 Å². The van der Waals surface area contributed by atoms with E-state index in [-0.39, 0.29) is 0 Å². The van der Waals surface area contributed by atoms with Crippen molar-refractivity contribution in [2.75, 3.05) is 5.32 Å². The first-order valence-electron chi connectivity index (χ1n) is 6.23. The summed E-state index contributed by atoms with van der Waals surface area (Å²) in [5, 5.41) is 4.83. The van der Waals surface area contributed by atoms with Gasteiger partial charge in [-0.25, -0.2) is 0 Å². The first kappa shape index (κ1) is 14.2. The minimum absolute atomic E-state index is 0.628. The molecule has 0 fully saturated rings. The highest BCUT2D eigenvalue weighted by atomic mass is 35.5. The summed E-state index contributed by atoms with van der Waals surface area (Å²) < 4.78 is 0. The average Bonchev–Trinajstić information content (AvgIpc) is 2.31. The molecule has 0 aromatic heterocycles. The molecule has 2 aromatic rings. The maximum absolute atomic E-state index is 6.18. The van der Waals surface area contributed by atoms with E-state index < -0.39 is 0 Å². The highest BCUT2D eigenvalue weighted by Crippen LogP contribution is 2.27. The zero-order valence-electron chi connectivity index (χ0n) is 11.3. The van der Waals surface area contributed by atoms with Crippen molar-refractivity contribution in [3.63, 3.8) is 0 Å². The molecule has 0 amide bonds. The van der Waals surface area contributed by atoms with Crippen LogP contribution in [0, 0.1) is 20.8 Å². The summed E-state index contributed by atoms with van der Waals surface area (Å²) in [5.41, 5.74) is 5.84. The fraction of sp³-hybridized carbons (Fsp3) is 0.250. The van der Waals surface area contributed by atoms with Gasteiger partial charge in [-0.1, -0.05) is 47.0 Å². The van der Waals surface area contributed by atoms with Gasteiger partial charge in [0.1, 0.15) is 0 Å². The Balaban J connectivity index is 2.24. The second-order valence-corrected chi connectivity index (χ2v) is 5.64. The molecule has 1 N–H and O–H groups in total. The molecule has 2 aromatic carbocycles. The summed E-state index contributed by atoms with van der Waals surface area (Å²) in [6.07, 6.45) is 0. The van der Waals surface area contributed by atoms with Gasteiger partial charge in [0, 0.05) is 27.8 Å². The normalized spacial score (nSPS) is 10.6. The Hall–Kier alpha value is -1.18. The topological polar surface area (TPSA) is 12.0 Å². The summed E-state index contributed by atoms with van der Waals surface area (Å²) in [6.45, 7) is 6.95. The van der Waals surface area contributed by atoms with E-state index in [0.29, 0.717) is 16.6 Å². The van der Waals surface area contributed by atoms with Crippen LogP contribution in [0.25, 0.3) is 0 Å². The van der Waals surface area contributed by atoms with E-state index in [0.717, 1.165) is 11.3 Å². The SMILES string of the molecule is Cc1cc(C)c(NCc2c(Cl)cccc2Cl)c(C)c1. The number of anilines is 1. The number of hydrogen-bond acceptors (Lipinski definition) is 1. The van der Waals surface area contributed by atoms with Crippen molar-refractivity contribution < 1.29 is 0 Å². The van der Waals surface area contributed by atoms with Gasteiger partial charge >= 0.3 is 0 Å². The lowest BCUT2D eigenvalue weighted by molar-refractivity contribution is 1.13. The minimum atomic E-state index is 0.628. The van der Waals surface area contributed by atoms with Crippen LogP contribution < -0.4 is 5.32 Å². The molecule has 0 aliphatic rings. The van der Waals surface area contributed by atoms with Gasteiger partial charge in [-0.2, -0.15) is 0 Å². The molecule has 0 heterocycles. The van der Waals surface area contributed by atoms with Crippen LogP contribution in [0.4, 0.5) is 5.69 Å². The Morgan fingerprint density at radius 1 is 0.947 bits per heavy atom. The van der Waals surface area contributed by atoms with Gasteiger partial charge in [0.25, 0.3) is 0 Å². The summed E-state index contributed by atoms with van der Waals surface area (Å²) in [6, 6.07) is 9.92.